The Kier molecular flexibility index (Phi) is 6.33. The van der Waals surface area contributed by atoms with E-state index in [1.807, 2.05) is 0 Å². The number of nitrogens with zero attached hydrogens (tertiary/aromatic N) is 2. The van der Waals surface area contributed by atoms with Crippen LogP contribution >= 0.6 is 23.2 Å². The molecule has 0 saturated heterocycles. The first-order valence-electron chi connectivity index (χ1n) is 6.25. The van der Waals surface area contributed by atoms with E-state index >= 15 is 0 Å². The van der Waals surface area contributed by atoms with Gasteiger partial charge in [0.05, 0.1) is 10.0 Å². The molecule has 0 aliphatic carbocycles. The molecular formula is C14H12Cl2N2O6. The summed E-state index contributed by atoms with van der Waals surface area (Å²) < 4.78 is 1.98. The van der Waals surface area contributed by atoms with Gasteiger partial charge >= 0.3 is 11.9 Å². The van der Waals surface area contributed by atoms with Gasteiger partial charge in [0.15, 0.2) is 0 Å². The molecule has 2 heterocycles. The van der Waals surface area contributed by atoms with Crippen molar-refractivity contribution in [1.82, 2.24) is 9.13 Å². The zero-order valence-corrected chi connectivity index (χ0v) is 14.0. The Labute approximate surface area is 145 Å². The highest BCUT2D eigenvalue weighted by Crippen LogP contribution is 2.12. The number of carbonyl (C=O) groups is 2. The van der Waals surface area contributed by atoms with Crippen molar-refractivity contribution in [1.29, 1.82) is 0 Å². The van der Waals surface area contributed by atoms with Crippen molar-refractivity contribution in [3.8, 4) is 0 Å². The van der Waals surface area contributed by atoms with E-state index in [1.54, 1.807) is 0 Å². The average molecular weight is 375 g/mol. The largest absolute Gasteiger partial charge is 0.477 e. The molecule has 0 aliphatic heterocycles. The molecule has 0 atom stereocenters. The number of hydrogen-bond donors (Lipinski definition) is 2. The summed E-state index contributed by atoms with van der Waals surface area (Å²) in [7, 11) is 2.72. The first-order valence-corrected chi connectivity index (χ1v) is 7.01. The van der Waals surface area contributed by atoms with Crippen molar-refractivity contribution in [3.63, 3.8) is 0 Å². The highest BCUT2D eigenvalue weighted by atomic mass is 35.5. The summed E-state index contributed by atoms with van der Waals surface area (Å²) in [5, 5.41) is 17.4. The van der Waals surface area contributed by atoms with E-state index in [1.165, 1.54) is 38.4 Å². The Morgan fingerprint density at radius 2 is 1.08 bits per heavy atom. The molecule has 0 amide bonds. The van der Waals surface area contributed by atoms with Crippen LogP contribution in [0.4, 0.5) is 0 Å². The Morgan fingerprint density at radius 3 is 1.29 bits per heavy atom. The SMILES string of the molecule is Cn1c(C(=O)O)c(Cl)ccc1=O.Cn1c(C(=O)O)c(Cl)ccc1=O. The maximum Gasteiger partial charge on any atom is 0.354 e. The molecule has 0 fully saturated rings. The van der Waals surface area contributed by atoms with Gasteiger partial charge in [0, 0.05) is 26.2 Å². The predicted octanol–water partition coefficient (Wildman–Crippen LogP) is 1.47. The quantitative estimate of drug-likeness (QED) is 0.821. The van der Waals surface area contributed by atoms with Crippen molar-refractivity contribution in [2.24, 2.45) is 14.1 Å². The number of aromatic nitrogens is 2. The lowest BCUT2D eigenvalue weighted by atomic mass is 10.3. The monoisotopic (exact) mass is 374 g/mol. The summed E-state index contributed by atoms with van der Waals surface area (Å²) in [6.07, 6.45) is 0. The molecule has 128 valence electrons. The Hall–Kier alpha value is -2.58. The predicted molar refractivity (Wildman–Crippen MR) is 87.3 cm³/mol. The van der Waals surface area contributed by atoms with E-state index in [4.69, 9.17) is 33.4 Å². The summed E-state index contributed by atoms with van der Waals surface area (Å²) >= 11 is 11.1. The highest BCUT2D eigenvalue weighted by Gasteiger charge is 2.13. The van der Waals surface area contributed by atoms with Gasteiger partial charge in [-0.15, -0.1) is 0 Å². The Morgan fingerprint density at radius 1 is 0.792 bits per heavy atom. The van der Waals surface area contributed by atoms with Crippen molar-refractivity contribution in [3.05, 3.63) is 66.4 Å². The maximum atomic E-state index is 10.9. The fourth-order valence-electron chi connectivity index (χ4n) is 1.70. The second kappa shape index (κ2) is 7.80. The van der Waals surface area contributed by atoms with E-state index in [9.17, 15) is 19.2 Å². The van der Waals surface area contributed by atoms with Crippen LogP contribution in [0, 0.1) is 0 Å². The lowest BCUT2D eigenvalue weighted by Crippen LogP contribution is -2.22. The lowest BCUT2D eigenvalue weighted by Gasteiger charge is -2.03. The van der Waals surface area contributed by atoms with E-state index < -0.39 is 23.1 Å². The van der Waals surface area contributed by atoms with Crippen LogP contribution in [0.3, 0.4) is 0 Å². The second-order valence-electron chi connectivity index (χ2n) is 4.46. The van der Waals surface area contributed by atoms with Gasteiger partial charge < -0.3 is 19.3 Å². The first kappa shape index (κ1) is 19.5. The number of carboxylic acids is 2. The molecule has 0 saturated carbocycles. The number of rotatable bonds is 2. The van der Waals surface area contributed by atoms with Gasteiger partial charge in [0.2, 0.25) is 0 Å². The van der Waals surface area contributed by atoms with E-state index in [0.29, 0.717) is 0 Å². The molecule has 0 spiro atoms. The summed E-state index contributed by atoms with van der Waals surface area (Å²) in [4.78, 5) is 43.0. The molecule has 0 unspecified atom stereocenters. The molecule has 0 aromatic carbocycles. The van der Waals surface area contributed by atoms with Crippen LogP contribution in [0.15, 0.2) is 33.9 Å². The zero-order chi connectivity index (χ0) is 18.6. The molecule has 2 N–H and O–H groups in total. The number of aromatic carboxylic acids is 2. The van der Waals surface area contributed by atoms with Crippen LogP contribution in [0.2, 0.25) is 10.0 Å². The van der Waals surface area contributed by atoms with Crippen LogP contribution in [0.25, 0.3) is 0 Å². The van der Waals surface area contributed by atoms with Crippen molar-refractivity contribution < 1.29 is 19.8 Å². The normalized spacial score (nSPS) is 9.83. The Bertz CT molecular complexity index is 841. The van der Waals surface area contributed by atoms with Gasteiger partial charge in [-0.25, -0.2) is 9.59 Å². The van der Waals surface area contributed by atoms with Crippen molar-refractivity contribution in [2.75, 3.05) is 0 Å². The van der Waals surface area contributed by atoms with Gasteiger partial charge in [-0.2, -0.15) is 0 Å². The summed E-state index contributed by atoms with van der Waals surface area (Å²) in [6, 6.07) is 4.98. The third-order valence-electron chi connectivity index (χ3n) is 2.93. The molecule has 8 nitrogen and oxygen atoms in total. The Balaban J connectivity index is 0.000000240. The fourth-order valence-corrected chi connectivity index (χ4v) is 2.24. The van der Waals surface area contributed by atoms with E-state index in [2.05, 4.69) is 0 Å². The minimum atomic E-state index is -1.21. The van der Waals surface area contributed by atoms with Crippen LogP contribution in [0.5, 0.6) is 0 Å². The third-order valence-corrected chi connectivity index (χ3v) is 3.54. The minimum absolute atomic E-state index is 0.0598. The number of halogens is 2. The highest BCUT2D eigenvalue weighted by molar-refractivity contribution is 6.33. The van der Waals surface area contributed by atoms with Crippen LogP contribution < -0.4 is 11.1 Å². The van der Waals surface area contributed by atoms with Gasteiger partial charge in [-0.05, 0) is 12.1 Å². The fraction of sp³-hybridized carbons (Fsp3) is 0.143. The summed E-state index contributed by atoms with van der Waals surface area (Å²) in [5.41, 5.74) is -1.16. The molecule has 2 aromatic rings. The van der Waals surface area contributed by atoms with Gasteiger partial charge in [0.1, 0.15) is 11.4 Å². The third kappa shape index (κ3) is 4.24. The molecule has 2 aromatic heterocycles. The topological polar surface area (TPSA) is 119 Å². The van der Waals surface area contributed by atoms with Crippen LogP contribution in [0.1, 0.15) is 21.0 Å². The van der Waals surface area contributed by atoms with Crippen LogP contribution in [-0.2, 0) is 14.1 Å². The molecule has 0 radical (unpaired) electrons. The zero-order valence-electron chi connectivity index (χ0n) is 12.5. The van der Waals surface area contributed by atoms with Crippen molar-refractivity contribution >= 4 is 35.1 Å². The van der Waals surface area contributed by atoms with Crippen molar-refractivity contribution in [2.45, 2.75) is 0 Å². The standard InChI is InChI=1S/2C7H6ClNO3/c2*1-9-5(10)3-2-4(8)6(9)7(11)12/h2*2-3H,1H3,(H,11,12). The maximum absolute atomic E-state index is 10.9. The molecule has 24 heavy (non-hydrogen) atoms. The smallest absolute Gasteiger partial charge is 0.354 e. The minimum Gasteiger partial charge on any atom is -0.477 e. The number of carboxylic acid groups (broad SMARTS) is 2. The lowest BCUT2D eigenvalue weighted by molar-refractivity contribution is 0.0674. The molecule has 2 rings (SSSR count). The van der Waals surface area contributed by atoms with E-state index in [-0.39, 0.29) is 21.4 Å². The second-order valence-corrected chi connectivity index (χ2v) is 5.28. The first-order chi connectivity index (χ1) is 11.1. The number of hydrogen-bond acceptors (Lipinski definition) is 4. The van der Waals surface area contributed by atoms with E-state index in [0.717, 1.165) is 9.13 Å². The average Bonchev–Trinajstić information content (AvgIpc) is 2.48. The van der Waals surface area contributed by atoms with Crippen LogP contribution in [-0.4, -0.2) is 31.3 Å². The molecule has 10 heteroatoms. The molecule has 0 bridgehead atoms. The molecular weight excluding hydrogens is 363 g/mol. The van der Waals surface area contributed by atoms with Gasteiger partial charge in [-0.1, -0.05) is 23.2 Å². The van der Waals surface area contributed by atoms with Gasteiger partial charge in [-0.3, -0.25) is 9.59 Å². The molecule has 0 aliphatic rings. The summed E-state index contributed by atoms with van der Waals surface area (Å²) in [5.74, 6) is -2.42. The number of pyridine rings is 2. The van der Waals surface area contributed by atoms with Gasteiger partial charge in [0.25, 0.3) is 11.1 Å². The summed E-state index contributed by atoms with van der Waals surface area (Å²) in [6.45, 7) is 0.